The zero-order valence-electron chi connectivity index (χ0n) is 15.9. The van der Waals surface area contributed by atoms with Crippen LogP contribution in [0.3, 0.4) is 0 Å². The average molecular weight is 395 g/mol. The number of nitrogens with zero attached hydrogens (tertiary/aromatic N) is 2. The highest BCUT2D eigenvalue weighted by Crippen LogP contribution is 2.22. The third-order valence-electron chi connectivity index (χ3n) is 4.36. The van der Waals surface area contributed by atoms with Crippen molar-refractivity contribution in [2.24, 2.45) is 4.99 Å². The van der Waals surface area contributed by atoms with Crippen LogP contribution in [0.5, 0.6) is 11.6 Å². The molecule has 0 aliphatic rings. The van der Waals surface area contributed by atoms with Crippen molar-refractivity contribution < 1.29 is 9.84 Å². The van der Waals surface area contributed by atoms with Gasteiger partial charge >= 0.3 is 0 Å². The van der Waals surface area contributed by atoms with Gasteiger partial charge in [-0.15, -0.1) is 0 Å². The number of H-pyrrole nitrogens is 1. The van der Waals surface area contributed by atoms with Crippen molar-refractivity contribution in [3.05, 3.63) is 74.3 Å². The molecule has 3 aromatic rings. The molecule has 0 spiro atoms. The van der Waals surface area contributed by atoms with Gasteiger partial charge in [0.2, 0.25) is 5.88 Å². The molecule has 0 aliphatic heterocycles. The first kappa shape index (κ1) is 19.6. The molecule has 7 heteroatoms. The van der Waals surface area contributed by atoms with Gasteiger partial charge in [0.05, 0.1) is 18.0 Å². The molecule has 2 aromatic carbocycles. The van der Waals surface area contributed by atoms with Gasteiger partial charge in [-0.05, 0) is 80.5 Å². The number of hydrogen-bond acceptors (Lipinski definition) is 5. The predicted octanol–water partition coefficient (Wildman–Crippen LogP) is 4.37. The van der Waals surface area contributed by atoms with Crippen LogP contribution in [0, 0.1) is 18.6 Å². The van der Waals surface area contributed by atoms with Crippen molar-refractivity contribution in [2.45, 2.75) is 20.8 Å². The zero-order valence-corrected chi connectivity index (χ0v) is 16.7. The van der Waals surface area contributed by atoms with Crippen molar-refractivity contribution in [3.63, 3.8) is 0 Å². The van der Waals surface area contributed by atoms with Crippen LogP contribution < -0.4 is 10.3 Å². The molecule has 0 fully saturated rings. The molecule has 0 amide bonds. The lowest BCUT2D eigenvalue weighted by molar-refractivity contribution is 0.340. The molecular weight excluding hydrogens is 374 g/mol. The first-order chi connectivity index (χ1) is 13.4. The summed E-state index contributed by atoms with van der Waals surface area (Å²) in [4.78, 5) is 19.2. The number of aliphatic imine (C=N–C) groups is 1. The number of aromatic hydroxyl groups is 1. The molecule has 28 heavy (non-hydrogen) atoms. The first-order valence-electron chi connectivity index (χ1n) is 8.83. The minimum Gasteiger partial charge on any atom is -0.494 e. The minimum atomic E-state index is -0.503. The summed E-state index contributed by atoms with van der Waals surface area (Å²) in [5, 5.41) is 10.7. The van der Waals surface area contributed by atoms with Gasteiger partial charge in [0.25, 0.3) is 5.56 Å². The molecule has 0 saturated heterocycles. The van der Waals surface area contributed by atoms with Gasteiger partial charge in [0.1, 0.15) is 11.3 Å². The minimum absolute atomic E-state index is 0.0284. The third kappa shape index (κ3) is 4.04. The molecule has 0 saturated carbocycles. The van der Waals surface area contributed by atoms with Crippen LogP contribution in [-0.2, 0) is 0 Å². The lowest BCUT2D eigenvalue weighted by atomic mass is 10.1. The van der Waals surface area contributed by atoms with E-state index in [2.05, 4.69) is 9.98 Å². The Kier molecular flexibility index (Phi) is 5.75. The molecule has 1 heterocycles. The van der Waals surface area contributed by atoms with Crippen LogP contribution in [0.4, 0.5) is 5.69 Å². The third-order valence-corrected chi connectivity index (χ3v) is 4.64. The Labute approximate surface area is 167 Å². The summed E-state index contributed by atoms with van der Waals surface area (Å²) < 4.78 is 6.93. The van der Waals surface area contributed by atoms with Crippen molar-refractivity contribution >= 4 is 24.1 Å². The molecule has 3 rings (SSSR count). The molecule has 0 atom stereocenters. The van der Waals surface area contributed by atoms with E-state index in [-0.39, 0.29) is 16.2 Å². The van der Waals surface area contributed by atoms with Crippen molar-refractivity contribution in [3.8, 4) is 17.3 Å². The Balaban J connectivity index is 2.03. The highest BCUT2D eigenvalue weighted by Gasteiger charge is 2.13. The topological polar surface area (TPSA) is 79.6 Å². The number of aromatic nitrogens is 2. The van der Waals surface area contributed by atoms with E-state index in [0.29, 0.717) is 18.0 Å². The summed E-state index contributed by atoms with van der Waals surface area (Å²) in [5.74, 6) is 0.483. The maximum atomic E-state index is 12.3. The monoisotopic (exact) mass is 395 g/mol. The van der Waals surface area contributed by atoms with E-state index < -0.39 is 5.56 Å². The average Bonchev–Trinajstić information content (AvgIpc) is 2.65. The van der Waals surface area contributed by atoms with Crippen LogP contribution >= 0.6 is 12.2 Å². The standard InChI is InChI=1S/C21H21N3O3S/c1-4-27-17-9-6-15(7-10-17)22-12-18-19(25)23-21(28)24(20(18)26)16-8-5-13(2)14(3)11-16/h5-12,26H,4H2,1-3H3,(H,23,25,28). The Morgan fingerprint density at radius 2 is 1.89 bits per heavy atom. The number of nitrogens with one attached hydrogen (secondary N) is 1. The van der Waals surface area contributed by atoms with Gasteiger partial charge in [-0.25, -0.2) is 0 Å². The molecule has 0 unspecified atom stereocenters. The predicted molar refractivity (Wildman–Crippen MR) is 113 cm³/mol. The van der Waals surface area contributed by atoms with Gasteiger partial charge < -0.3 is 9.84 Å². The van der Waals surface area contributed by atoms with Crippen molar-refractivity contribution in [1.82, 2.24) is 9.55 Å². The lowest BCUT2D eigenvalue weighted by Crippen LogP contribution is -2.18. The number of rotatable bonds is 5. The molecule has 0 aliphatic carbocycles. The fourth-order valence-corrected chi connectivity index (χ4v) is 2.98. The Hall–Kier alpha value is -3.19. The molecule has 2 N–H and O–H groups in total. The number of aryl methyl sites for hydroxylation is 2. The van der Waals surface area contributed by atoms with Gasteiger partial charge in [0, 0.05) is 6.21 Å². The van der Waals surface area contributed by atoms with Crippen LogP contribution in [0.1, 0.15) is 23.6 Å². The summed E-state index contributed by atoms with van der Waals surface area (Å²) in [5.41, 5.74) is 2.99. The smallest absolute Gasteiger partial charge is 0.264 e. The Morgan fingerprint density at radius 3 is 2.54 bits per heavy atom. The zero-order chi connectivity index (χ0) is 20.3. The largest absolute Gasteiger partial charge is 0.494 e. The highest BCUT2D eigenvalue weighted by atomic mass is 32.1. The van der Waals surface area contributed by atoms with E-state index in [1.54, 1.807) is 24.3 Å². The van der Waals surface area contributed by atoms with Gasteiger partial charge in [0.15, 0.2) is 4.77 Å². The normalized spacial score (nSPS) is 11.1. The fourth-order valence-electron chi connectivity index (χ4n) is 2.69. The molecule has 144 valence electrons. The van der Waals surface area contributed by atoms with E-state index in [1.807, 2.05) is 39.0 Å². The quantitative estimate of drug-likeness (QED) is 0.497. The first-order valence-corrected chi connectivity index (χ1v) is 9.24. The maximum absolute atomic E-state index is 12.3. The second-order valence-corrected chi connectivity index (χ2v) is 6.67. The summed E-state index contributed by atoms with van der Waals surface area (Å²) >= 11 is 5.25. The number of aromatic amines is 1. The Bertz CT molecular complexity index is 1150. The van der Waals surface area contributed by atoms with Crippen LogP contribution in [0.25, 0.3) is 5.69 Å². The van der Waals surface area contributed by atoms with E-state index in [1.165, 1.54) is 10.8 Å². The summed E-state index contributed by atoms with van der Waals surface area (Å²) in [6, 6.07) is 12.8. The molecule has 1 aromatic heterocycles. The van der Waals surface area contributed by atoms with Gasteiger partial charge in [-0.3, -0.25) is 19.3 Å². The van der Waals surface area contributed by atoms with Gasteiger partial charge in [-0.2, -0.15) is 0 Å². The molecule has 0 bridgehead atoms. The van der Waals surface area contributed by atoms with Crippen LogP contribution in [0.2, 0.25) is 0 Å². The number of ether oxygens (including phenoxy) is 1. The Morgan fingerprint density at radius 1 is 1.18 bits per heavy atom. The SMILES string of the molecule is CCOc1ccc(N=Cc2c(O)n(-c3ccc(C)c(C)c3)c(=S)[nH]c2=O)cc1. The van der Waals surface area contributed by atoms with Crippen molar-refractivity contribution in [1.29, 1.82) is 0 Å². The van der Waals surface area contributed by atoms with Crippen LogP contribution in [-0.4, -0.2) is 27.5 Å². The van der Waals surface area contributed by atoms with E-state index in [9.17, 15) is 9.90 Å². The lowest BCUT2D eigenvalue weighted by Gasteiger charge is -2.12. The number of hydrogen-bond donors (Lipinski definition) is 2. The number of benzene rings is 2. The van der Waals surface area contributed by atoms with E-state index in [4.69, 9.17) is 17.0 Å². The second-order valence-electron chi connectivity index (χ2n) is 6.29. The maximum Gasteiger partial charge on any atom is 0.264 e. The van der Waals surface area contributed by atoms with E-state index in [0.717, 1.165) is 16.9 Å². The summed E-state index contributed by atoms with van der Waals surface area (Å²) in [7, 11) is 0. The van der Waals surface area contributed by atoms with Gasteiger partial charge in [-0.1, -0.05) is 6.07 Å². The van der Waals surface area contributed by atoms with E-state index >= 15 is 0 Å². The molecule has 6 nitrogen and oxygen atoms in total. The molecular formula is C21H21N3O3S. The summed E-state index contributed by atoms with van der Waals surface area (Å²) in [6.45, 7) is 6.46. The second kappa shape index (κ2) is 8.22. The molecule has 0 radical (unpaired) electrons. The highest BCUT2D eigenvalue weighted by molar-refractivity contribution is 7.71. The van der Waals surface area contributed by atoms with Crippen LogP contribution in [0.15, 0.2) is 52.3 Å². The summed E-state index contributed by atoms with van der Waals surface area (Å²) in [6.07, 6.45) is 1.33. The van der Waals surface area contributed by atoms with Crippen molar-refractivity contribution in [2.75, 3.05) is 6.61 Å². The fraction of sp³-hybridized carbons (Fsp3) is 0.190.